The predicted molar refractivity (Wildman–Crippen MR) is 95.4 cm³/mol. The Balaban J connectivity index is 1.42. The number of benzene rings is 1. The fourth-order valence-corrected chi connectivity index (χ4v) is 2.86. The largest absolute Gasteiger partial charge is 0.454 e. The van der Waals surface area contributed by atoms with Crippen molar-refractivity contribution in [2.24, 2.45) is 0 Å². The van der Waals surface area contributed by atoms with E-state index in [4.69, 9.17) is 16.3 Å². The van der Waals surface area contributed by atoms with Crippen LogP contribution in [-0.4, -0.2) is 38.7 Å². The second-order valence-electron chi connectivity index (χ2n) is 5.15. The van der Waals surface area contributed by atoms with E-state index in [1.807, 2.05) is 23.6 Å². The van der Waals surface area contributed by atoms with E-state index in [0.29, 0.717) is 10.8 Å². The topological polar surface area (TPSA) is 99.0 Å². The van der Waals surface area contributed by atoms with Gasteiger partial charge in [-0.1, -0.05) is 35.9 Å². The first-order valence-corrected chi connectivity index (χ1v) is 8.85. The summed E-state index contributed by atoms with van der Waals surface area (Å²) < 4.78 is 4.92. The van der Waals surface area contributed by atoms with Gasteiger partial charge in [0.15, 0.2) is 13.2 Å². The predicted octanol–water partition coefficient (Wildman–Crippen LogP) is 1.91. The molecule has 0 atom stereocenters. The molecule has 0 bridgehead atoms. The lowest BCUT2D eigenvalue weighted by Crippen LogP contribution is -2.29. The third-order valence-corrected chi connectivity index (χ3v) is 4.50. The van der Waals surface area contributed by atoms with Crippen molar-refractivity contribution in [2.45, 2.75) is 13.1 Å². The molecule has 0 fully saturated rings. The summed E-state index contributed by atoms with van der Waals surface area (Å²) in [6.07, 6.45) is 0. The first kappa shape index (κ1) is 18.0. The van der Waals surface area contributed by atoms with E-state index in [1.54, 1.807) is 18.2 Å². The second kappa shape index (κ2) is 8.54. The van der Waals surface area contributed by atoms with Crippen LogP contribution in [0.2, 0.25) is 5.02 Å². The van der Waals surface area contributed by atoms with Crippen LogP contribution in [0, 0.1) is 0 Å². The van der Waals surface area contributed by atoms with Crippen LogP contribution in [0.3, 0.4) is 0 Å². The van der Waals surface area contributed by atoms with Crippen molar-refractivity contribution in [2.75, 3.05) is 6.61 Å². The van der Waals surface area contributed by atoms with Crippen molar-refractivity contribution in [3.05, 3.63) is 52.4 Å². The molecule has 2 aromatic heterocycles. The summed E-state index contributed by atoms with van der Waals surface area (Å²) in [4.78, 5) is 25.5. The van der Waals surface area contributed by atoms with E-state index in [2.05, 4.69) is 20.7 Å². The maximum atomic E-state index is 11.8. The van der Waals surface area contributed by atoms with Gasteiger partial charge in [0, 0.05) is 11.6 Å². The first-order chi connectivity index (χ1) is 12.6. The third-order valence-electron chi connectivity index (χ3n) is 3.26. The zero-order valence-electron chi connectivity index (χ0n) is 13.5. The summed E-state index contributed by atoms with van der Waals surface area (Å²) in [5.41, 5.74) is 0.779. The number of hydrogen-bond donors (Lipinski definition) is 1. The van der Waals surface area contributed by atoms with Crippen molar-refractivity contribution in [3.8, 4) is 10.7 Å². The number of carbonyl (C=O) groups excluding carboxylic acids is 2. The highest BCUT2D eigenvalue weighted by molar-refractivity contribution is 7.13. The van der Waals surface area contributed by atoms with E-state index in [1.165, 1.54) is 11.3 Å². The highest BCUT2D eigenvalue weighted by Crippen LogP contribution is 2.19. The van der Waals surface area contributed by atoms with Gasteiger partial charge in [-0.25, -0.2) is 4.79 Å². The average molecular weight is 392 g/mol. The molecule has 0 saturated heterocycles. The molecule has 1 aromatic carbocycles. The second-order valence-corrected chi connectivity index (χ2v) is 6.50. The molecule has 0 unspecified atom stereocenters. The van der Waals surface area contributed by atoms with Gasteiger partial charge in [0.1, 0.15) is 0 Å². The van der Waals surface area contributed by atoms with Gasteiger partial charge in [-0.3, -0.25) is 4.79 Å². The lowest BCUT2D eigenvalue weighted by atomic mass is 10.2. The molecule has 1 amide bonds. The fraction of sp³-hybridized carbons (Fsp3) is 0.188. The van der Waals surface area contributed by atoms with E-state index >= 15 is 0 Å². The number of ether oxygens (including phenoxy) is 1. The van der Waals surface area contributed by atoms with Gasteiger partial charge >= 0.3 is 5.97 Å². The molecule has 3 rings (SSSR count). The number of rotatable bonds is 7. The Kier molecular flexibility index (Phi) is 5.92. The smallest absolute Gasteiger partial charge is 0.330 e. The number of nitrogens with zero attached hydrogens (tertiary/aromatic N) is 4. The molecule has 0 aliphatic rings. The summed E-state index contributed by atoms with van der Waals surface area (Å²) in [5, 5.41) is 16.8. The highest BCUT2D eigenvalue weighted by atomic mass is 35.5. The molecule has 134 valence electrons. The van der Waals surface area contributed by atoms with E-state index in [9.17, 15) is 9.59 Å². The van der Waals surface area contributed by atoms with Crippen molar-refractivity contribution >= 4 is 34.8 Å². The lowest BCUT2D eigenvalue weighted by Gasteiger charge is -2.07. The minimum absolute atomic E-state index is 0.226. The van der Waals surface area contributed by atoms with Gasteiger partial charge in [-0.2, -0.15) is 4.80 Å². The molecule has 0 spiro atoms. The molecule has 8 nitrogen and oxygen atoms in total. The number of thiophene rings is 1. The molecule has 26 heavy (non-hydrogen) atoms. The van der Waals surface area contributed by atoms with E-state index < -0.39 is 18.5 Å². The maximum absolute atomic E-state index is 11.8. The molecular formula is C16H14ClN5O3S. The molecule has 0 aliphatic carbocycles. The molecule has 10 heteroatoms. The van der Waals surface area contributed by atoms with Gasteiger partial charge in [0.05, 0.1) is 4.88 Å². The van der Waals surface area contributed by atoms with Crippen LogP contribution in [-0.2, 0) is 27.4 Å². The van der Waals surface area contributed by atoms with Crippen molar-refractivity contribution < 1.29 is 14.3 Å². The van der Waals surface area contributed by atoms with Crippen LogP contribution >= 0.6 is 22.9 Å². The molecule has 3 aromatic rings. The molecular weight excluding hydrogens is 378 g/mol. The Bertz CT molecular complexity index is 897. The molecule has 0 radical (unpaired) electrons. The average Bonchev–Trinajstić information content (AvgIpc) is 3.30. The zero-order chi connectivity index (χ0) is 18.4. The molecule has 0 aliphatic heterocycles. The minimum Gasteiger partial charge on any atom is -0.454 e. The Morgan fingerprint density at radius 2 is 2.08 bits per heavy atom. The molecule has 2 heterocycles. The summed E-state index contributed by atoms with van der Waals surface area (Å²) in [5.74, 6) is -0.623. The third kappa shape index (κ3) is 4.87. The Morgan fingerprint density at radius 1 is 1.23 bits per heavy atom. The van der Waals surface area contributed by atoms with Crippen molar-refractivity contribution in [1.29, 1.82) is 0 Å². The summed E-state index contributed by atoms with van der Waals surface area (Å²) in [6.45, 7) is -0.364. The fourth-order valence-electron chi connectivity index (χ4n) is 2.01. The zero-order valence-corrected chi connectivity index (χ0v) is 15.0. The summed E-state index contributed by atoms with van der Waals surface area (Å²) >= 11 is 7.48. The summed E-state index contributed by atoms with van der Waals surface area (Å²) in [7, 11) is 0. The normalized spacial score (nSPS) is 10.5. The summed E-state index contributed by atoms with van der Waals surface area (Å²) in [6, 6.07) is 10.9. The van der Waals surface area contributed by atoms with Gasteiger partial charge in [0.2, 0.25) is 5.82 Å². The maximum Gasteiger partial charge on any atom is 0.330 e. The lowest BCUT2D eigenvalue weighted by molar-refractivity contribution is -0.149. The van der Waals surface area contributed by atoms with Crippen LogP contribution in [0.5, 0.6) is 0 Å². The monoisotopic (exact) mass is 391 g/mol. The van der Waals surface area contributed by atoms with Crippen LogP contribution in [0.15, 0.2) is 41.8 Å². The standard InChI is InChI=1S/C16H14ClN5O3S/c17-12-5-2-1-4-11(12)8-18-14(23)10-25-15(24)9-22-20-16(19-21-22)13-6-3-7-26-13/h1-7H,8-10H2,(H,18,23). The number of esters is 1. The van der Waals surface area contributed by atoms with E-state index in [-0.39, 0.29) is 13.1 Å². The van der Waals surface area contributed by atoms with Crippen LogP contribution in [0.4, 0.5) is 0 Å². The quantitative estimate of drug-likeness (QED) is 0.618. The number of nitrogens with one attached hydrogen (secondary N) is 1. The minimum atomic E-state index is -0.631. The Hall–Kier alpha value is -2.78. The van der Waals surface area contributed by atoms with Gasteiger partial charge < -0.3 is 10.1 Å². The van der Waals surface area contributed by atoms with Crippen molar-refractivity contribution in [1.82, 2.24) is 25.5 Å². The Labute approximate surface area is 157 Å². The van der Waals surface area contributed by atoms with Crippen LogP contribution in [0.25, 0.3) is 10.7 Å². The number of tetrazole rings is 1. The number of aromatic nitrogens is 4. The number of hydrogen-bond acceptors (Lipinski definition) is 7. The molecule has 1 N–H and O–H groups in total. The van der Waals surface area contributed by atoms with Crippen molar-refractivity contribution in [3.63, 3.8) is 0 Å². The van der Waals surface area contributed by atoms with Crippen LogP contribution in [0.1, 0.15) is 5.56 Å². The van der Waals surface area contributed by atoms with Gasteiger partial charge in [-0.15, -0.1) is 21.5 Å². The number of amides is 1. The van der Waals surface area contributed by atoms with E-state index in [0.717, 1.165) is 15.2 Å². The first-order valence-electron chi connectivity index (χ1n) is 7.59. The number of carbonyl (C=O) groups is 2. The van der Waals surface area contributed by atoms with Crippen LogP contribution < -0.4 is 5.32 Å². The van der Waals surface area contributed by atoms with Gasteiger partial charge in [0.25, 0.3) is 5.91 Å². The molecule has 0 saturated carbocycles. The van der Waals surface area contributed by atoms with Gasteiger partial charge in [-0.05, 0) is 28.3 Å². The highest BCUT2D eigenvalue weighted by Gasteiger charge is 2.12. The SMILES string of the molecule is O=C(COC(=O)Cn1nnc(-c2cccs2)n1)NCc1ccccc1Cl. The number of halogens is 1. The Morgan fingerprint density at radius 3 is 2.85 bits per heavy atom.